The molecule has 6 heteroatoms. The average molecular weight is 156 g/mol. The summed E-state index contributed by atoms with van der Waals surface area (Å²) < 4.78 is 0. The number of hydrogen-bond donors (Lipinski definition) is 3. The van der Waals surface area contributed by atoms with Gasteiger partial charge < -0.3 is 10.8 Å². The predicted molar refractivity (Wildman–Crippen MR) is 36.8 cm³/mol. The quantitative estimate of drug-likeness (QED) is 0.542. The number of carbonyl (C=O) groups is 1. The summed E-state index contributed by atoms with van der Waals surface area (Å²) in [6.07, 6.45) is 0.369. The van der Waals surface area contributed by atoms with Gasteiger partial charge in [0.25, 0.3) is 0 Å². The first-order chi connectivity index (χ1) is 5.18. The van der Waals surface area contributed by atoms with Gasteiger partial charge in [-0.3, -0.25) is 9.89 Å². The van der Waals surface area contributed by atoms with E-state index in [0.29, 0.717) is 12.2 Å². The van der Waals surface area contributed by atoms with Crippen molar-refractivity contribution in [3.8, 4) is 0 Å². The zero-order chi connectivity index (χ0) is 8.27. The molecule has 0 atom stereocenters. The van der Waals surface area contributed by atoms with Crippen molar-refractivity contribution in [1.29, 1.82) is 0 Å². The molecule has 0 aliphatic rings. The molecular formula is C5H8N4O2. The summed E-state index contributed by atoms with van der Waals surface area (Å²) in [7, 11) is 0. The van der Waals surface area contributed by atoms with E-state index in [-0.39, 0.29) is 12.4 Å². The molecule has 0 fully saturated rings. The molecule has 4 N–H and O–H groups in total. The first-order valence-electron chi connectivity index (χ1n) is 3.07. The Hall–Kier alpha value is -1.59. The fraction of sp³-hybridized carbons (Fsp3) is 0.400. The molecule has 0 bridgehead atoms. The topological polar surface area (TPSA) is 105 Å². The van der Waals surface area contributed by atoms with Crippen molar-refractivity contribution in [2.24, 2.45) is 0 Å². The third-order valence-electron chi connectivity index (χ3n) is 1.12. The van der Waals surface area contributed by atoms with E-state index >= 15 is 0 Å². The van der Waals surface area contributed by atoms with E-state index in [1.165, 1.54) is 0 Å². The molecule has 6 nitrogen and oxygen atoms in total. The number of H-pyrrole nitrogens is 1. The van der Waals surface area contributed by atoms with E-state index in [9.17, 15) is 4.79 Å². The lowest BCUT2D eigenvalue weighted by Crippen LogP contribution is -1.98. The maximum Gasteiger partial charge on any atom is 0.303 e. The van der Waals surface area contributed by atoms with Crippen LogP contribution in [-0.4, -0.2) is 26.3 Å². The van der Waals surface area contributed by atoms with Gasteiger partial charge in [-0.05, 0) is 0 Å². The molecule has 1 aromatic rings. The molecule has 0 saturated heterocycles. The number of aliphatic carboxylic acids is 1. The Balaban J connectivity index is 2.45. The maximum absolute atomic E-state index is 10.1. The van der Waals surface area contributed by atoms with E-state index in [4.69, 9.17) is 10.8 Å². The van der Waals surface area contributed by atoms with Crippen molar-refractivity contribution in [2.75, 3.05) is 5.73 Å². The van der Waals surface area contributed by atoms with Crippen molar-refractivity contribution in [2.45, 2.75) is 12.8 Å². The zero-order valence-electron chi connectivity index (χ0n) is 5.74. The van der Waals surface area contributed by atoms with Crippen LogP contribution in [0.25, 0.3) is 0 Å². The minimum Gasteiger partial charge on any atom is -0.481 e. The van der Waals surface area contributed by atoms with Crippen LogP contribution in [0.1, 0.15) is 12.2 Å². The number of nitrogens with two attached hydrogens (primary N) is 1. The number of carboxylic acids is 1. The number of rotatable bonds is 3. The SMILES string of the molecule is Nc1n[nH]c(CCC(=O)O)n1. The molecule has 0 amide bonds. The molecule has 0 unspecified atom stereocenters. The van der Waals surface area contributed by atoms with Crippen molar-refractivity contribution in [1.82, 2.24) is 15.2 Å². The number of nitrogen functional groups attached to an aromatic ring is 1. The molecule has 11 heavy (non-hydrogen) atoms. The van der Waals surface area contributed by atoms with Gasteiger partial charge in [0.15, 0.2) is 0 Å². The number of nitrogens with one attached hydrogen (secondary N) is 1. The van der Waals surface area contributed by atoms with Gasteiger partial charge in [-0.15, -0.1) is 5.10 Å². The van der Waals surface area contributed by atoms with Crippen LogP contribution in [0.15, 0.2) is 0 Å². The summed E-state index contributed by atoms with van der Waals surface area (Å²) >= 11 is 0. The molecule has 0 saturated carbocycles. The van der Waals surface area contributed by atoms with Gasteiger partial charge in [-0.2, -0.15) is 4.98 Å². The summed E-state index contributed by atoms with van der Waals surface area (Å²) in [5.41, 5.74) is 5.18. The Labute approximate surface area is 62.4 Å². The molecule has 1 rings (SSSR count). The minimum absolute atomic E-state index is 0.0363. The van der Waals surface area contributed by atoms with Crippen LogP contribution in [0.2, 0.25) is 0 Å². The van der Waals surface area contributed by atoms with Gasteiger partial charge in [0.05, 0.1) is 6.42 Å². The second kappa shape index (κ2) is 3.00. The second-order valence-corrected chi connectivity index (χ2v) is 2.03. The van der Waals surface area contributed by atoms with E-state index in [2.05, 4.69) is 15.2 Å². The van der Waals surface area contributed by atoms with E-state index in [1.807, 2.05) is 0 Å². The average Bonchev–Trinajstić information content (AvgIpc) is 2.31. The normalized spacial score (nSPS) is 9.82. The summed E-state index contributed by atoms with van der Waals surface area (Å²) in [6.45, 7) is 0. The number of aryl methyl sites for hydroxylation is 1. The van der Waals surface area contributed by atoms with Gasteiger partial charge in [-0.1, -0.05) is 0 Å². The van der Waals surface area contributed by atoms with Gasteiger partial charge in [0.1, 0.15) is 5.82 Å². The van der Waals surface area contributed by atoms with Crippen LogP contribution in [0.3, 0.4) is 0 Å². The van der Waals surface area contributed by atoms with E-state index < -0.39 is 5.97 Å². The van der Waals surface area contributed by atoms with Crippen LogP contribution < -0.4 is 5.73 Å². The Morgan fingerprint density at radius 2 is 2.45 bits per heavy atom. The summed E-state index contributed by atoms with van der Waals surface area (Å²) in [4.78, 5) is 13.8. The molecule has 1 aromatic heterocycles. The lowest BCUT2D eigenvalue weighted by atomic mass is 10.3. The van der Waals surface area contributed by atoms with Crippen LogP contribution in [0.4, 0.5) is 5.95 Å². The van der Waals surface area contributed by atoms with Gasteiger partial charge in [0, 0.05) is 6.42 Å². The summed E-state index contributed by atoms with van der Waals surface area (Å²) in [6, 6.07) is 0. The first-order valence-corrected chi connectivity index (χ1v) is 3.07. The Morgan fingerprint density at radius 1 is 1.73 bits per heavy atom. The van der Waals surface area contributed by atoms with Gasteiger partial charge >= 0.3 is 5.97 Å². The van der Waals surface area contributed by atoms with E-state index in [0.717, 1.165) is 0 Å². The smallest absolute Gasteiger partial charge is 0.303 e. The van der Waals surface area contributed by atoms with E-state index in [1.54, 1.807) is 0 Å². The molecule has 0 radical (unpaired) electrons. The lowest BCUT2D eigenvalue weighted by Gasteiger charge is -1.88. The summed E-state index contributed by atoms with van der Waals surface area (Å²) in [5.74, 6) is -0.213. The highest BCUT2D eigenvalue weighted by atomic mass is 16.4. The Bertz CT molecular complexity index is 257. The van der Waals surface area contributed by atoms with Crippen LogP contribution >= 0.6 is 0 Å². The van der Waals surface area contributed by atoms with Gasteiger partial charge in [-0.25, -0.2) is 0 Å². The number of anilines is 1. The Kier molecular flexibility index (Phi) is 2.05. The van der Waals surface area contributed by atoms with Crippen molar-refractivity contribution in [3.05, 3.63) is 5.82 Å². The number of carboxylic acid groups (broad SMARTS) is 1. The lowest BCUT2D eigenvalue weighted by molar-refractivity contribution is -0.137. The fourth-order valence-electron chi connectivity index (χ4n) is 0.647. The first kappa shape index (κ1) is 7.52. The molecule has 1 heterocycles. The van der Waals surface area contributed by atoms with Gasteiger partial charge in [0.2, 0.25) is 5.95 Å². The van der Waals surface area contributed by atoms with Crippen molar-refractivity contribution >= 4 is 11.9 Å². The largest absolute Gasteiger partial charge is 0.481 e. The second-order valence-electron chi connectivity index (χ2n) is 2.03. The van der Waals surface area contributed by atoms with Crippen LogP contribution in [0.5, 0.6) is 0 Å². The number of nitrogens with zero attached hydrogens (tertiary/aromatic N) is 2. The highest BCUT2D eigenvalue weighted by molar-refractivity contribution is 5.66. The molecule has 0 aliphatic carbocycles. The molecule has 0 aliphatic heterocycles. The minimum atomic E-state index is -0.861. The zero-order valence-corrected chi connectivity index (χ0v) is 5.74. The third-order valence-corrected chi connectivity index (χ3v) is 1.12. The monoisotopic (exact) mass is 156 g/mol. The Morgan fingerprint density at radius 3 is 2.91 bits per heavy atom. The maximum atomic E-state index is 10.1. The number of aromatic nitrogens is 3. The van der Waals surface area contributed by atoms with Crippen LogP contribution in [0, 0.1) is 0 Å². The van der Waals surface area contributed by atoms with Crippen LogP contribution in [-0.2, 0) is 11.2 Å². The van der Waals surface area contributed by atoms with Crippen molar-refractivity contribution in [3.63, 3.8) is 0 Å². The fourth-order valence-corrected chi connectivity index (χ4v) is 0.647. The molecule has 0 spiro atoms. The predicted octanol–water partition coefficient (Wildman–Crippen LogP) is -0.596. The highest BCUT2D eigenvalue weighted by Gasteiger charge is 2.02. The number of aromatic amines is 1. The standard InChI is InChI=1S/C5H8N4O2/c6-5-7-3(8-9-5)1-2-4(10)11/h1-2H2,(H,10,11)(H3,6,7,8,9). The molecular weight excluding hydrogens is 148 g/mol. The summed E-state index contributed by atoms with van der Waals surface area (Å²) in [5, 5.41) is 14.3. The number of hydrogen-bond acceptors (Lipinski definition) is 4. The van der Waals surface area contributed by atoms with Crippen molar-refractivity contribution < 1.29 is 9.90 Å². The molecule has 60 valence electrons. The third kappa shape index (κ3) is 2.24. The highest BCUT2D eigenvalue weighted by Crippen LogP contribution is 1.96. The molecule has 0 aromatic carbocycles.